The molecule has 3 N–H and O–H groups in total. The first-order valence-corrected chi connectivity index (χ1v) is 9.59. The Kier molecular flexibility index (Phi) is 4.33. The summed E-state index contributed by atoms with van der Waals surface area (Å²) < 4.78 is 40.8. The second-order valence-corrected chi connectivity index (χ2v) is 7.74. The number of hydrogen-bond donors (Lipinski definition) is 3. The first-order valence-electron chi connectivity index (χ1n) is 9.59. The maximum atomic E-state index is 13.2. The van der Waals surface area contributed by atoms with E-state index in [2.05, 4.69) is 20.4 Å². The lowest BCUT2D eigenvalue weighted by Gasteiger charge is -2.37. The van der Waals surface area contributed by atoms with Gasteiger partial charge in [-0.25, -0.2) is 4.68 Å². The van der Waals surface area contributed by atoms with Crippen molar-refractivity contribution in [2.24, 2.45) is 0 Å². The summed E-state index contributed by atoms with van der Waals surface area (Å²) in [5.41, 5.74) is -0.174. The van der Waals surface area contributed by atoms with Crippen LogP contribution in [0, 0.1) is 0 Å². The minimum Gasteiger partial charge on any atom is -0.393 e. The van der Waals surface area contributed by atoms with Crippen LogP contribution < -0.4 is 10.2 Å². The number of hydrogen-bond acceptors (Lipinski definition) is 7. The van der Waals surface area contributed by atoms with Crippen molar-refractivity contribution < 1.29 is 23.4 Å². The highest BCUT2D eigenvalue weighted by Gasteiger charge is 2.32. The van der Waals surface area contributed by atoms with E-state index in [4.69, 9.17) is 0 Å². The smallest absolute Gasteiger partial charge is 0.393 e. The van der Waals surface area contributed by atoms with Gasteiger partial charge in [0, 0.05) is 19.1 Å². The van der Waals surface area contributed by atoms with Gasteiger partial charge in [0.25, 0.3) is 0 Å². The number of aliphatic hydroxyl groups is 2. The summed E-state index contributed by atoms with van der Waals surface area (Å²) in [6, 6.07) is 4.92. The first-order chi connectivity index (χ1) is 14.3. The van der Waals surface area contributed by atoms with E-state index < -0.39 is 17.8 Å². The molecule has 1 saturated carbocycles. The largest absolute Gasteiger partial charge is 0.416 e. The lowest BCUT2D eigenvalue weighted by atomic mass is 9.90. The molecule has 0 radical (unpaired) electrons. The molecule has 158 valence electrons. The molecule has 30 heavy (non-hydrogen) atoms. The molecule has 5 rings (SSSR count). The predicted molar refractivity (Wildman–Crippen MR) is 103 cm³/mol. The highest BCUT2D eigenvalue weighted by molar-refractivity contribution is 5.89. The fraction of sp³-hybridized carbons (Fsp3) is 0.421. The SMILES string of the molecule is OC1CN(c2nc(N[C@H]3C[C@@H](O)C3)nc3c2cnn3-c2cccc(C(F)(F)F)c2)C1. The van der Waals surface area contributed by atoms with Crippen LogP contribution in [0.1, 0.15) is 18.4 Å². The molecule has 2 aliphatic rings. The molecule has 3 aromatic rings. The molecule has 2 aromatic heterocycles. The molecule has 2 fully saturated rings. The van der Waals surface area contributed by atoms with Crippen LogP contribution in [-0.2, 0) is 6.18 Å². The van der Waals surface area contributed by atoms with Crippen molar-refractivity contribution in [1.82, 2.24) is 19.7 Å². The monoisotopic (exact) mass is 420 g/mol. The Labute approximate surface area is 169 Å². The van der Waals surface area contributed by atoms with Crippen LogP contribution in [0.15, 0.2) is 30.5 Å². The van der Waals surface area contributed by atoms with Crippen LogP contribution in [0.3, 0.4) is 0 Å². The van der Waals surface area contributed by atoms with Gasteiger partial charge < -0.3 is 20.4 Å². The van der Waals surface area contributed by atoms with Gasteiger partial charge >= 0.3 is 6.18 Å². The maximum absolute atomic E-state index is 13.2. The molecule has 1 aliphatic heterocycles. The van der Waals surface area contributed by atoms with E-state index in [0.29, 0.717) is 48.7 Å². The lowest BCUT2D eigenvalue weighted by molar-refractivity contribution is -0.137. The molecule has 11 heteroatoms. The van der Waals surface area contributed by atoms with Crippen molar-refractivity contribution in [1.29, 1.82) is 0 Å². The average molecular weight is 420 g/mol. The number of nitrogens with zero attached hydrogens (tertiary/aromatic N) is 5. The normalized spacial score (nSPS) is 22.1. The number of alkyl halides is 3. The Hall–Kier alpha value is -2.92. The number of benzene rings is 1. The number of rotatable bonds is 4. The molecular formula is C19H19F3N6O2. The van der Waals surface area contributed by atoms with Gasteiger partial charge in [-0.1, -0.05) is 6.07 Å². The van der Waals surface area contributed by atoms with Crippen molar-refractivity contribution >= 4 is 22.8 Å². The molecule has 1 aliphatic carbocycles. The van der Waals surface area contributed by atoms with E-state index in [9.17, 15) is 23.4 Å². The van der Waals surface area contributed by atoms with Crippen molar-refractivity contribution in [3.05, 3.63) is 36.0 Å². The Bertz CT molecular complexity index is 1090. The number of aliphatic hydroxyl groups excluding tert-OH is 2. The Morgan fingerprint density at radius 2 is 1.83 bits per heavy atom. The van der Waals surface area contributed by atoms with Gasteiger partial charge in [0.15, 0.2) is 5.65 Å². The summed E-state index contributed by atoms with van der Waals surface area (Å²) in [4.78, 5) is 10.9. The molecule has 0 amide bonds. The zero-order valence-corrected chi connectivity index (χ0v) is 15.7. The molecule has 0 unspecified atom stereocenters. The van der Waals surface area contributed by atoms with Crippen molar-refractivity contribution in [2.75, 3.05) is 23.3 Å². The number of aromatic nitrogens is 4. The van der Waals surface area contributed by atoms with Crippen LogP contribution in [0.5, 0.6) is 0 Å². The van der Waals surface area contributed by atoms with Gasteiger partial charge in [0.05, 0.1) is 35.0 Å². The van der Waals surface area contributed by atoms with Crippen molar-refractivity contribution in [3.8, 4) is 5.69 Å². The van der Waals surface area contributed by atoms with E-state index in [1.807, 2.05) is 4.90 Å². The summed E-state index contributed by atoms with van der Waals surface area (Å²) in [5, 5.41) is 27.2. The number of halogens is 3. The zero-order chi connectivity index (χ0) is 21.0. The van der Waals surface area contributed by atoms with Gasteiger partial charge in [-0.05, 0) is 31.0 Å². The molecule has 3 heterocycles. The molecule has 0 atom stereocenters. The Balaban J connectivity index is 1.59. The number of anilines is 2. The number of nitrogens with one attached hydrogen (secondary N) is 1. The molecule has 0 bridgehead atoms. The average Bonchev–Trinajstić information content (AvgIpc) is 3.07. The highest BCUT2D eigenvalue weighted by atomic mass is 19.4. The van der Waals surface area contributed by atoms with Crippen LogP contribution in [0.4, 0.5) is 24.9 Å². The fourth-order valence-corrected chi connectivity index (χ4v) is 3.72. The van der Waals surface area contributed by atoms with Crippen molar-refractivity contribution in [3.63, 3.8) is 0 Å². The fourth-order valence-electron chi connectivity index (χ4n) is 3.72. The third kappa shape index (κ3) is 3.33. The van der Waals surface area contributed by atoms with E-state index in [1.54, 1.807) is 0 Å². The van der Waals surface area contributed by atoms with Gasteiger partial charge in [-0.3, -0.25) is 0 Å². The second kappa shape index (κ2) is 6.81. The number of β-amino-alcohol motifs (C(OH)–C–C–N with tert-alkyl or cyclic N) is 1. The topological polar surface area (TPSA) is 99.3 Å². The van der Waals surface area contributed by atoms with Crippen molar-refractivity contribution in [2.45, 2.75) is 37.3 Å². The van der Waals surface area contributed by atoms with Crippen LogP contribution in [0.25, 0.3) is 16.7 Å². The van der Waals surface area contributed by atoms with E-state index in [0.717, 1.165) is 12.1 Å². The molecule has 1 aromatic carbocycles. The Morgan fingerprint density at radius 3 is 2.50 bits per heavy atom. The van der Waals surface area contributed by atoms with Crippen LogP contribution in [0.2, 0.25) is 0 Å². The number of fused-ring (bicyclic) bond motifs is 1. The molecule has 0 spiro atoms. The standard InChI is InChI=1S/C19H19F3N6O2/c20-19(21,22)10-2-1-3-12(4-10)28-17-15(7-23-28)16(27-8-14(30)9-27)25-18(26-17)24-11-5-13(29)6-11/h1-4,7,11,13-14,29-30H,5-6,8-9H2,(H,24,25,26)/t11-,13+. The summed E-state index contributed by atoms with van der Waals surface area (Å²) in [6.07, 6.45) is -2.60. The first kappa shape index (κ1) is 19.1. The maximum Gasteiger partial charge on any atom is 0.416 e. The molecular weight excluding hydrogens is 401 g/mol. The quantitative estimate of drug-likeness (QED) is 0.593. The van der Waals surface area contributed by atoms with Crippen LogP contribution >= 0.6 is 0 Å². The third-order valence-electron chi connectivity index (χ3n) is 5.43. The zero-order valence-electron chi connectivity index (χ0n) is 15.7. The van der Waals surface area contributed by atoms with Crippen LogP contribution in [-0.4, -0.2) is 61.3 Å². The van der Waals surface area contributed by atoms with E-state index in [1.165, 1.54) is 23.0 Å². The summed E-state index contributed by atoms with van der Waals surface area (Å²) in [7, 11) is 0. The molecule has 1 saturated heterocycles. The van der Waals surface area contributed by atoms with E-state index >= 15 is 0 Å². The Morgan fingerprint density at radius 1 is 1.07 bits per heavy atom. The van der Waals surface area contributed by atoms with Gasteiger partial charge in [0.1, 0.15) is 5.82 Å². The van der Waals surface area contributed by atoms with Gasteiger partial charge in [0.2, 0.25) is 5.95 Å². The minimum absolute atomic E-state index is 0.0252. The third-order valence-corrected chi connectivity index (χ3v) is 5.43. The van der Waals surface area contributed by atoms with Gasteiger partial charge in [-0.2, -0.15) is 28.2 Å². The lowest BCUT2D eigenvalue weighted by Crippen LogP contribution is -2.51. The van der Waals surface area contributed by atoms with Gasteiger partial charge in [-0.15, -0.1) is 0 Å². The summed E-state index contributed by atoms with van der Waals surface area (Å²) >= 11 is 0. The summed E-state index contributed by atoms with van der Waals surface area (Å²) in [5.74, 6) is 0.871. The predicted octanol–water partition coefficient (Wildman–Crippen LogP) is 1.95. The second-order valence-electron chi connectivity index (χ2n) is 7.74. The molecule has 8 nitrogen and oxygen atoms in total. The minimum atomic E-state index is -4.47. The summed E-state index contributed by atoms with van der Waals surface area (Å²) in [6.45, 7) is 0.810. The highest BCUT2D eigenvalue weighted by Crippen LogP contribution is 2.33. The van der Waals surface area contributed by atoms with E-state index in [-0.39, 0.29) is 17.8 Å².